The number of benzene rings is 2. The molecular weight excluding hydrogens is 350 g/mol. The zero-order chi connectivity index (χ0) is 19.3. The lowest BCUT2D eigenvalue weighted by atomic mass is 10.1. The summed E-state index contributed by atoms with van der Waals surface area (Å²) < 4.78 is 25.7. The molecule has 0 radical (unpaired) electrons. The van der Waals surface area contributed by atoms with Crippen LogP contribution in [0.3, 0.4) is 0 Å². The number of nitrogens with one attached hydrogen (secondary N) is 2. The number of nitrogens with zero attached hydrogens (tertiary/aromatic N) is 1. The fraction of sp³-hybridized carbons (Fsp3) is 0.316. The predicted octanol–water partition coefficient (Wildman–Crippen LogP) is 2.54. The largest absolute Gasteiger partial charge is 0.377 e. The first-order valence-electron chi connectivity index (χ1n) is 8.33. The van der Waals surface area contributed by atoms with Crippen molar-refractivity contribution in [3.05, 3.63) is 53.6 Å². The van der Waals surface area contributed by atoms with Crippen molar-refractivity contribution in [2.24, 2.45) is 0 Å². The third-order valence-corrected chi connectivity index (χ3v) is 5.54. The molecule has 7 heteroatoms. The highest BCUT2D eigenvalue weighted by Crippen LogP contribution is 2.22. The number of carbonyl (C=O) groups is 1. The minimum Gasteiger partial charge on any atom is -0.377 e. The first-order valence-corrected chi connectivity index (χ1v) is 9.81. The Balaban J connectivity index is 1.94. The monoisotopic (exact) mass is 375 g/mol. The van der Waals surface area contributed by atoms with Crippen molar-refractivity contribution in [1.82, 2.24) is 4.72 Å². The lowest BCUT2D eigenvalue weighted by Gasteiger charge is -2.16. The van der Waals surface area contributed by atoms with Crippen LogP contribution in [0.4, 0.5) is 11.4 Å². The molecule has 0 aliphatic carbocycles. The highest BCUT2D eigenvalue weighted by atomic mass is 32.2. The second-order valence-corrected chi connectivity index (χ2v) is 8.18. The summed E-state index contributed by atoms with van der Waals surface area (Å²) in [5.74, 6) is -0.0751. The molecule has 0 fully saturated rings. The molecule has 2 aromatic rings. The van der Waals surface area contributed by atoms with Crippen LogP contribution < -0.4 is 14.9 Å². The van der Waals surface area contributed by atoms with Crippen LogP contribution in [0, 0.1) is 6.92 Å². The number of hydrogen-bond acceptors (Lipinski definition) is 4. The molecule has 2 aromatic carbocycles. The Hall–Kier alpha value is -2.38. The second kappa shape index (κ2) is 8.33. The van der Waals surface area contributed by atoms with Crippen LogP contribution in [0.25, 0.3) is 0 Å². The van der Waals surface area contributed by atoms with Gasteiger partial charge in [0.15, 0.2) is 0 Å². The SMILES string of the molecule is CNS(=O)(=O)c1ccc(CCC(=O)Nc2ccc(N(C)C)c(C)c2)cc1. The lowest BCUT2D eigenvalue weighted by Crippen LogP contribution is -2.18. The van der Waals surface area contributed by atoms with Crippen molar-refractivity contribution in [2.75, 3.05) is 31.4 Å². The Bertz CT molecular complexity index is 875. The van der Waals surface area contributed by atoms with E-state index >= 15 is 0 Å². The van der Waals surface area contributed by atoms with E-state index in [9.17, 15) is 13.2 Å². The van der Waals surface area contributed by atoms with E-state index in [2.05, 4.69) is 10.0 Å². The minimum atomic E-state index is -3.43. The van der Waals surface area contributed by atoms with Crippen molar-refractivity contribution in [3.8, 4) is 0 Å². The van der Waals surface area contributed by atoms with Gasteiger partial charge in [-0.05, 0) is 61.9 Å². The summed E-state index contributed by atoms with van der Waals surface area (Å²) in [6, 6.07) is 12.4. The predicted molar refractivity (Wildman–Crippen MR) is 105 cm³/mol. The molecule has 0 spiro atoms. The molecule has 26 heavy (non-hydrogen) atoms. The molecule has 0 atom stereocenters. The summed E-state index contributed by atoms with van der Waals surface area (Å²) in [7, 11) is 1.90. The van der Waals surface area contributed by atoms with Crippen molar-refractivity contribution in [3.63, 3.8) is 0 Å². The van der Waals surface area contributed by atoms with Crippen LogP contribution in [0.15, 0.2) is 47.4 Å². The smallest absolute Gasteiger partial charge is 0.240 e. The maximum atomic E-state index is 12.2. The Kier molecular flexibility index (Phi) is 6.39. The van der Waals surface area contributed by atoms with Gasteiger partial charge < -0.3 is 10.2 Å². The number of aryl methyl sites for hydroxylation is 2. The first-order chi connectivity index (χ1) is 12.2. The molecule has 1 amide bonds. The standard InChI is InChI=1S/C19H25N3O3S/c1-14-13-16(8-11-18(14)22(3)4)21-19(23)12-7-15-5-9-17(10-6-15)26(24,25)20-2/h5-6,8-11,13,20H,7,12H2,1-4H3,(H,21,23). The van der Waals surface area contributed by atoms with Gasteiger partial charge in [0, 0.05) is 31.9 Å². The summed E-state index contributed by atoms with van der Waals surface area (Å²) in [5, 5.41) is 2.90. The van der Waals surface area contributed by atoms with E-state index in [1.165, 1.54) is 7.05 Å². The Morgan fingerprint density at radius 1 is 1.08 bits per heavy atom. The Morgan fingerprint density at radius 2 is 1.73 bits per heavy atom. The van der Waals surface area contributed by atoms with Gasteiger partial charge in [0.2, 0.25) is 15.9 Å². The fourth-order valence-corrected chi connectivity index (χ4v) is 3.40. The van der Waals surface area contributed by atoms with Gasteiger partial charge in [-0.1, -0.05) is 12.1 Å². The van der Waals surface area contributed by atoms with Gasteiger partial charge in [-0.3, -0.25) is 4.79 Å². The van der Waals surface area contributed by atoms with Crippen molar-refractivity contribution < 1.29 is 13.2 Å². The topological polar surface area (TPSA) is 78.5 Å². The van der Waals surface area contributed by atoms with Crippen LogP contribution >= 0.6 is 0 Å². The van der Waals surface area contributed by atoms with Gasteiger partial charge in [0.1, 0.15) is 0 Å². The van der Waals surface area contributed by atoms with Gasteiger partial charge in [-0.15, -0.1) is 0 Å². The van der Waals surface area contributed by atoms with Gasteiger partial charge in [-0.2, -0.15) is 0 Å². The summed E-state index contributed by atoms with van der Waals surface area (Å²) in [4.78, 5) is 14.4. The molecule has 2 N–H and O–H groups in total. The van der Waals surface area contributed by atoms with E-state index in [-0.39, 0.29) is 10.8 Å². The molecule has 2 rings (SSSR count). The fourth-order valence-electron chi connectivity index (χ4n) is 2.67. The number of sulfonamides is 1. The highest BCUT2D eigenvalue weighted by Gasteiger charge is 2.11. The third-order valence-electron chi connectivity index (χ3n) is 4.11. The van der Waals surface area contributed by atoms with Crippen LogP contribution in [-0.4, -0.2) is 35.5 Å². The molecule has 0 heterocycles. The second-order valence-electron chi connectivity index (χ2n) is 6.30. The maximum Gasteiger partial charge on any atom is 0.240 e. The zero-order valence-corrected chi connectivity index (χ0v) is 16.4. The Labute approximate surface area is 155 Å². The number of carbonyl (C=O) groups excluding carboxylic acids is 1. The summed E-state index contributed by atoms with van der Waals surface area (Å²) in [6.07, 6.45) is 0.868. The third kappa shape index (κ3) is 5.06. The van der Waals surface area contributed by atoms with Crippen molar-refractivity contribution in [2.45, 2.75) is 24.7 Å². The minimum absolute atomic E-state index is 0.0751. The molecule has 0 aliphatic heterocycles. The lowest BCUT2D eigenvalue weighted by molar-refractivity contribution is -0.116. The number of hydrogen-bond donors (Lipinski definition) is 2. The van der Waals surface area contributed by atoms with Crippen LogP contribution in [-0.2, 0) is 21.2 Å². The molecule has 0 aliphatic rings. The van der Waals surface area contributed by atoms with Gasteiger partial charge in [0.05, 0.1) is 4.90 Å². The summed E-state index contributed by atoms with van der Waals surface area (Å²) in [5.41, 5.74) is 3.89. The zero-order valence-electron chi connectivity index (χ0n) is 15.5. The molecule has 0 aromatic heterocycles. The number of anilines is 2. The van der Waals surface area contributed by atoms with E-state index in [1.807, 2.05) is 44.1 Å². The van der Waals surface area contributed by atoms with Crippen LogP contribution in [0.5, 0.6) is 0 Å². The quantitative estimate of drug-likeness (QED) is 0.780. The number of rotatable bonds is 7. The van der Waals surface area contributed by atoms with Gasteiger partial charge >= 0.3 is 0 Å². The summed E-state index contributed by atoms with van der Waals surface area (Å²) >= 11 is 0. The van der Waals surface area contributed by atoms with Gasteiger partial charge in [0.25, 0.3) is 0 Å². The van der Waals surface area contributed by atoms with Crippen molar-refractivity contribution >= 4 is 27.3 Å². The van der Waals surface area contributed by atoms with E-state index in [0.717, 1.165) is 22.5 Å². The van der Waals surface area contributed by atoms with Crippen molar-refractivity contribution in [1.29, 1.82) is 0 Å². The van der Waals surface area contributed by atoms with Gasteiger partial charge in [-0.25, -0.2) is 13.1 Å². The van der Waals surface area contributed by atoms with E-state index < -0.39 is 10.0 Å². The molecule has 140 valence electrons. The highest BCUT2D eigenvalue weighted by molar-refractivity contribution is 7.89. The van der Waals surface area contributed by atoms with Crippen LogP contribution in [0.1, 0.15) is 17.5 Å². The average molecular weight is 375 g/mol. The van der Waals surface area contributed by atoms with E-state index in [1.54, 1.807) is 24.3 Å². The molecule has 0 bridgehead atoms. The maximum absolute atomic E-state index is 12.2. The normalized spacial score (nSPS) is 11.2. The molecule has 0 unspecified atom stereocenters. The molecule has 0 saturated heterocycles. The van der Waals surface area contributed by atoms with Crippen LogP contribution in [0.2, 0.25) is 0 Å². The molecule has 0 saturated carbocycles. The van der Waals surface area contributed by atoms with E-state index in [4.69, 9.17) is 0 Å². The number of amides is 1. The summed E-state index contributed by atoms with van der Waals surface area (Å²) in [6.45, 7) is 2.01. The van der Waals surface area contributed by atoms with E-state index in [0.29, 0.717) is 12.8 Å². The molecule has 6 nitrogen and oxygen atoms in total. The molecular formula is C19H25N3O3S. The first kappa shape index (κ1) is 19.9. The average Bonchev–Trinajstić information content (AvgIpc) is 2.60. The Morgan fingerprint density at radius 3 is 2.27 bits per heavy atom.